The fourth-order valence-electron chi connectivity index (χ4n) is 1.97. The molecular formula is C13H12FN3O5. The Balaban J connectivity index is 2.51. The number of ether oxygens (including phenoxy) is 1. The number of rotatable bonds is 4. The number of aryl methyl sites for hydroxylation is 1. The van der Waals surface area contributed by atoms with Crippen LogP contribution in [0.5, 0.6) is 0 Å². The van der Waals surface area contributed by atoms with Gasteiger partial charge in [0.05, 0.1) is 30.1 Å². The van der Waals surface area contributed by atoms with Gasteiger partial charge in [-0.25, -0.2) is 9.07 Å². The first-order chi connectivity index (χ1) is 10.3. The highest BCUT2D eigenvalue weighted by Crippen LogP contribution is 2.19. The Hall–Kier alpha value is -2.97. The number of esters is 1. The van der Waals surface area contributed by atoms with Crippen molar-refractivity contribution in [3.05, 3.63) is 55.7 Å². The topological polar surface area (TPSA) is 107 Å². The first-order valence-electron chi connectivity index (χ1n) is 6.16. The van der Waals surface area contributed by atoms with Crippen LogP contribution in [-0.4, -0.2) is 27.8 Å². The molecule has 0 fully saturated rings. The number of hydrogen-bond donors (Lipinski definition) is 1. The molecule has 0 bridgehead atoms. The van der Waals surface area contributed by atoms with Gasteiger partial charge in [-0.2, -0.15) is 0 Å². The molecule has 1 aromatic heterocycles. The maximum atomic E-state index is 14.0. The van der Waals surface area contributed by atoms with E-state index in [2.05, 4.69) is 9.84 Å². The Labute approximate surface area is 123 Å². The van der Waals surface area contributed by atoms with Gasteiger partial charge in [0.2, 0.25) is 0 Å². The Kier molecular flexibility index (Phi) is 4.06. The van der Waals surface area contributed by atoms with Crippen LogP contribution in [-0.2, 0) is 16.0 Å². The van der Waals surface area contributed by atoms with E-state index < -0.39 is 28.0 Å². The van der Waals surface area contributed by atoms with Gasteiger partial charge >= 0.3 is 5.97 Å². The van der Waals surface area contributed by atoms with Crippen LogP contribution in [0.3, 0.4) is 0 Å². The number of benzene rings is 1. The number of methoxy groups -OCH3 is 1. The van der Waals surface area contributed by atoms with Crippen molar-refractivity contribution in [1.29, 1.82) is 0 Å². The first kappa shape index (κ1) is 15.4. The summed E-state index contributed by atoms with van der Waals surface area (Å²) in [4.78, 5) is 33.4. The molecule has 1 aromatic carbocycles. The minimum atomic E-state index is -0.929. The standard InChI is InChI=1S/C13H12FN3O5/c1-7-9(6-12(18)22-2)13(19)16(15-7)11-4-3-8(17(20)21)5-10(11)14/h3-5,15H,6H2,1-2H3. The normalized spacial score (nSPS) is 10.5. The summed E-state index contributed by atoms with van der Waals surface area (Å²) in [7, 11) is 1.19. The molecule has 0 aliphatic carbocycles. The molecule has 0 saturated heterocycles. The highest BCUT2D eigenvalue weighted by molar-refractivity contribution is 5.72. The Morgan fingerprint density at radius 3 is 2.73 bits per heavy atom. The van der Waals surface area contributed by atoms with Crippen LogP contribution >= 0.6 is 0 Å². The van der Waals surface area contributed by atoms with Crippen LogP contribution in [0.25, 0.3) is 5.69 Å². The molecule has 0 aliphatic heterocycles. The molecule has 9 heteroatoms. The average Bonchev–Trinajstić information content (AvgIpc) is 2.74. The van der Waals surface area contributed by atoms with Gasteiger partial charge in [0, 0.05) is 11.8 Å². The van der Waals surface area contributed by atoms with Crippen molar-refractivity contribution >= 4 is 11.7 Å². The molecule has 116 valence electrons. The molecule has 0 unspecified atom stereocenters. The monoisotopic (exact) mass is 309 g/mol. The third-order valence-corrected chi connectivity index (χ3v) is 3.13. The lowest BCUT2D eigenvalue weighted by Gasteiger charge is -2.03. The number of nitro groups is 1. The smallest absolute Gasteiger partial charge is 0.310 e. The lowest BCUT2D eigenvalue weighted by atomic mass is 10.2. The van der Waals surface area contributed by atoms with Gasteiger partial charge in [0.15, 0.2) is 5.82 Å². The van der Waals surface area contributed by atoms with Crippen LogP contribution in [0, 0.1) is 22.9 Å². The van der Waals surface area contributed by atoms with E-state index >= 15 is 0 Å². The number of nitrogens with zero attached hydrogens (tertiary/aromatic N) is 2. The second-order valence-corrected chi connectivity index (χ2v) is 4.50. The number of carbonyl (C=O) groups excluding carboxylic acids is 1. The average molecular weight is 309 g/mol. The van der Waals surface area contributed by atoms with Crippen molar-refractivity contribution in [1.82, 2.24) is 9.78 Å². The van der Waals surface area contributed by atoms with E-state index in [9.17, 15) is 24.1 Å². The zero-order valence-corrected chi connectivity index (χ0v) is 11.8. The maximum Gasteiger partial charge on any atom is 0.310 e. The summed E-state index contributed by atoms with van der Waals surface area (Å²) in [5.74, 6) is -1.53. The van der Waals surface area contributed by atoms with Gasteiger partial charge in [-0.1, -0.05) is 0 Å². The molecule has 8 nitrogen and oxygen atoms in total. The molecule has 0 amide bonds. The number of non-ortho nitro benzene ring substituents is 1. The van der Waals surface area contributed by atoms with Gasteiger partial charge in [0.1, 0.15) is 5.69 Å². The Morgan fingerprint density at radius 1 is 1.50 bits per heavy atom. The first-order valence-corrected chi connectivity index (χ1v) is 6.16. The van der Waals surface area contributed by atoms with Crippen LogP contribution in [0.2, 0.25) is 0 Å². The van der Waals surface area contributed by atoms with Crippen LogP contribution in [0.15, 0.2) is 23.0 Å². The SMILES string of the molecule is COC(=O)Cc1c(C)[nH]n(-c2ccc([N+](=O)[O-])cc2F)c1=O. The van der Waals surface area contributed by atoms with Crippen molar-refractivity contribution in [3.8, 4) is 5.69 Å². The molecule has 0 spiro atoms. The van der Waals surface area contributed by atoms with Gasteiger partial charge in [-0.05, 0) is 13.0 Å². The third-order valence-electron chi connectivity index (χ3n) is 3.13. The van der Waals surface area contributed by atoms with Crippen LogP contribution in [0.1, 0.15) is 11.3 Å². The van der Waals surface area contributed by atoms with Crippen molar-refractivity contribution < 1.29 is 18.8 Å². The van der Waals surface area contributed by atoms with E-state index in [0.717, 1.165) is 22.9 Å². The molecular weight excluding hydrogens is 297 g/mol. The quantitative estimate of drug-likeness (QED) is 0.519. The van der Waals surface area contributed by atoms with E-state index in [1.165, 1.54) is 7.11 Å². The summed E-state index contributed by atoms with van der Waals surface area (Å²) < 4.78 is 19.4. The van der Waals surface area contributed by atoms with Crippen molar-refractivity contribution in [2.45, 2.75) is 13.3 Å². The van der Waals surface area contributed by atoms with E-state index in [4.69, 9.17) is 0 Å². The Bertz CT molecular complexity index is 808. The van der Waals surface area contributed by atoms with Crippen LogP contribution in [0.4, 0.5) is 10.1 Å². The summed E-state index contributed by atoms with van der Waals surface area (Å²) in [6, 6.07) is 2.92. The number of aromatic amines is 1. The number of aromatic nitrogens is 2. The lowest BCUT2D eigenvalue weighted by Crippen LogP contribution is -2.20. The second kappa shape index (κ2) is 5.80. The van der Waals surface area contributed by atoms with Gasteiger partial charge in [0.25, 0.3) is 11.2 Å². The minimum absolute atomic E-state index is 0.143. The molecule has 0 atom stereocenters. The fraction of sp³-hybridized carbons (Fsp3) is 0.231. The predicted molar refractivity (Wildman–Crippen MR) is 73.5 cm³/mol. The zero-order chi connectivity index (χ0) is 16.4. The molecule has 0 radical (unpaired) electrons. The summed E-state index contributed by atoms with van der Waals surface area (Å²) in [6.07, 6.45) is -0.251. The van der Waals surface area contributed by atoms with Crippen LogP contribution < -0.4 is 5.56 Å². The van der Waals surface area contributed by atoms with Crippen molar-refractivity contribution in [2.75, 3.05) is 7.11 Å². The van der Waals surface area contributed by atoms with Gasteiger partial charge < -0.3 is 4.74 Å². The van der Waals surface area contributed by atoms with E-state index in [1.807, 2.05) is 0 Å². The number of hydrogen-bond acceptors (Lipinski definition) is 5. The number of nitro benzene ring substituents is 1. The minimum Gasteiger partial charge on any atom is -0.469 e. The summed E-state index contributed by atoms with van der Waals surface area (Å²) >= 11 is 0. The summed E-state index contributed by atoms with van der Waals surface area (Å²) in [5, 5.41) is 13.2. The van der Waals surface area contributed by atoms with Gasteiger partial charge in [-0.3, -0.25) is 24.8 Å². The number of nitrogens with one attached hydrogen (secondary N) is 1. The van der Waals surface area contributed by atoms with E-state index in [1.54, 1.807) is 6.92 Å². The molecule has 1 heterocycles. The van der Waals surface area contributed by atoms with Gasteiger partial charge in [-0.15, -0.1) is 0 Å². The number of H-pyrrole nitrogens is 1. The molecule has 2 rings (SSSR count). The molecule has 2 aromatic rings. The third kappa shape index (κ3) is 2.73. The summed E-state index contributed by atoms with van der Waals surface area (Å²) in [6.45, 7) is 1.56. The predicted octanol–water partition coefficient (Wildman–Crippen LogP) is 1.24. The maximum absolute atomic E-state index is 14.0. The second-order valence-electron chi connectivity index (χ2n) is 4.50. The number of carbonyl (C=O) groups is 1. The molecule has 0 saturated carbocycles. The summed E-state index contributed by atoms with van der Waals surface area (Å²) in [5.41, 5.74) is -0.685. The molecule has 22 heavy (non-hydrogen) atoms. The van der Waals surface area contributed by atoms with Crippen molar-refractivity contribution in [3.63, 3.8) is 0 Å². The van der Waals surface area contributed by atoms with E-state index in [-0.39, 0.29) is 17.7 Å². The number of halogens is 1. The highest BCUT2D eigenvalue weighted by atomic mass is 19.1. The van der Waals surface area contributed by atoms with E-state index in [0.29, 0.717) is 5.69 Å². The fourth-order valence-corrected chi connectivity index (χ4v) is 1.97. The molecule has 1 N–H and O–H groups in total. The molecule has 0 aliphatic rings. The lowest BCUT2D eigenvalue weighted by molar-refractivity contribution is -0.385. The zero-order valence-electron chi connectivity index (χ0n) is 11.8. The Morgan fingerprint density at radius 2 is 2.18 bits per heavy atom. The van der Waals surface area contributed by atoms with Crippen molar-refractivity contribution in [2.24, 2.45) is 0 Å². The largest absolute Gasteiger partial charge is 0.469 e. The highest BCUT2D eigenvalue weighted by Gasteiger charge is 2.19.